The summed E-state index contributed by atoms with van der Waals surface area (Å²) in [5, 5.41) is 0. The fourth-order valence-electron chi connectivity index (χ4n) is 2.76. The number of ether oxygens (including phenoxy) is 1. The van der Waals surface area contributed by atoms with E-state index >= 15 is 0 Å². The third-order valence-corrected chi connectivity index (χ3v) is 3.80. The van der Waals surface area contributed by atoms with E-state index in [1.807, 2.05) is 25.1 Å². The summed E-state index contributed by atoms with van der Waals surface area (Å²) in [4.78, 5) is 0. The highest BCUT2D eigenvalue weighted by molar-refractivity contribution is 5.38. The van der Waals surface area contributed by atoms with Crippen molar-refractivity contribution in [1.29, 1.82) is 0 Å². The summed E-state index contributed by atoms with van der Waals surface area (Å²) in [7, 11) is 0. The van der Waals surface area contributed by atoms with Gasteiger partial charge >= 0.3 is 0 Å². The number of rotatable bonds is 3. The Morgan fingerprint density at radius 1 is 1.37 bits per heavy atom. The van der Waals surface area contributed by atoms with E-state index in [4.69, 9.17) is 14.9 Å². The van der Waals surface area contributed by atoms with Crippen LogP contribution in [-0.4, -0.2) is 6.61 Å². The molecule has 3 heteroatoms. The molecule has 0 aliphatic carbocycles. The van der Waals surface area contributed by atoms with E-state index in [9.17, 15) is 0 Å². The molecule has 3 nitrogen and oxygen atoms in total. The highest BCUT2D eigenvalue weighted by Crippen LogP contribution is 2.38. The summed E-state index contributed by atoms with van der Waals surface area (Å²) in [5.41, 5.74) is 8.66. The molecule has 2 aromatic rings. The number of fused-ring (bicyclic) bond motifs is 1. The van der Waals surface area contributed by atoms with Crippen LogP contribution >= 0.6 is 0 Å². The number of para-hydroxylation sites is 1. The van der Waals surface area contributed by atoms with Crippen molar-refractivity contribution in [2.45, 2.75) is 31.7 Å². The first kappa shape index (κ1) is 12.3. The molecule has 0 fully saturated rings. The van der Waals surface area contributed by atoms with Crippen LogP contribution in [0.3, 0.4) is 0 Å². The minimum atomic E-state index is 0.0219. The van der Waals surface area contributed by atoms with Gasteiger partial charge in [-0.3, -0.25) is 0 Å². The number of hydrogen-bond donors (Lipinski definition) is 1. The van der Waals surface area contributed by atoms with Crippen LogP contribution in [0.2, 0.25) is 0 Å². The van der Waals surface area contributed by atoms with Gasteiger partial charge in [0.05, 0.1) is 12.9 Å². The molecule has 1 aliphatic heterocycles. The first-order chi connectivity index (χ1) is 9.24. The minimum Gasteiger partial charge on any atom is -0.493 e. The summed E-state index contributed by atoms with van der Waals surface area (Å²) in [5.74, 6) is 2.39. The third-order valence-electron chi connectivity index (χ3n) is 3.80. The molecule has 0 saturated carbocycles. The van der Waals surface area contributed by atoms with E-state index in [0.717, 1.165) is 36.5 Å². The number of hydrogen-bond acceptors (Lipinski definition) is 3. The monoisotopic (exact) mass is 257 g/mol. The number of furan rings is 1. The highest BCUT2D eigenvalue weighted by atomic mass is 16.5. The molecule has 2 unspecified atom stereocenters. The van der Waals surface area contributed by atoms with Crippen LogP contribution in [0.25, 0.3) is 0 Å². The smallest absolute Gasteiger partial charge is 0.122 e. The molecule has 2 heterocycles. The van der Waals surface area contributed by atoms with Crippen molar-refractivity contribution in [3.63, 3.8) is 0 Å². The van der Waals surface area contributed by atoms with Crippen molar-refractivity contribution in [2.75, 3.05) is 6.61 Å². The molecule has 0 amide bonds. The van der Waals surface area contributed by atoms with Crippen molar-refractivity contribution >= 4 is 0 Å². The van der Waals surface area contributed by atoms with Gasteiger partial charge in [0.15, 0.2) is 0 Å². The Balaban J connectivity index is 1.77. The van der Waals surface area contributed by atoms with Crippen molar-refractivity contribution in [2.24, 2.45) is 5.73 Å². The van der Waals surface area contributed by atoms with E-state index in [1.165, 1.54) is 5.56 Å². The van der Waals surface area contributed by atoms with Crippen LogP contribution in [-0.2, 0) is 0 Å². The zero-order valence-corrected chi connectivity index (χ0v) is 11.1. The quantitative estimate of drug-likeness (QED) is 0.914. The molecule has 19 heavy (non-hydrogen) atoms. The second-order valence-corrected chi connectivity index (χ2v) is 5.20. The standard InChI is InChI=1S/C16H19NO2/c1-11-8-13(10-19-11)15(17)9-12-6-7-18-16-5-3-2-4-14(12)16/h2-5,8,10,12,15H,6-7,9,17H2,1H3. The second-order valence-electron chi connectivity index (χ2n) is 5.20. The van der Waals surface area contributed by atoms with E-state index in [1.54, 1.807) is 6.26 Å². The van der Waals surface area contributed by atoms with Gasteiger partial charge in [0.1, 0.15) is 11.5 Å². The van der Waals surface area contributed by atoms with Crippen molar-refractivity contribution in [3.05, 3.63) is 53.5 Å². The molecule has 1 aliphatic rings. The van der Waals surface area contributed by atoms with Crippen LogP contribution in [0.1, 0.15) is 41.7 Å². The molecule has 100 valence electrons. The van der Waals surface area contributed by atoms with Gasteiger partial charge in [-0.15, -0.1) is 0 Å². The average Bonchev–Trinajstić information content (AvgIpc) is 2.86. The summed E-state index contributed by atoms with van der Waals surface area (Å²) in [6.07, 6.45) is 3.73. The Kier molecular flexibility index (Phi) is 3.30. The van der Waals surface area contributed by atoms with Crippen molar-refractivity contribution in [1.82, 2.24) is 0 Å². The van der Waals surface area contributed by atoms with Crippen molar-refractivity contribution < 1.29 is 9.15 Å². The Morgan fingerprint density at radius 2 is 2.21 bits per heavy atom. The lowest BCUT2D eigenvalue weighted by Crippen LogP contribution is -2.19. The maximum Gasteiger partial charge on any atom is 0.122 e. The maximum atomic E-state index is 6.30. The molecule has 1 aromatic carbocycles. The first-order valence-electron chi connectivity index (χ1n) is 6.76. The minimum absolute atomic E-state index is 0.0219. The Morgan fingerprint density at radius 3 is 3.00 bits per heavy atom. The van der Waals surface area contributed by atoms with Gasteiger partial charge in [0, 0.05) is 11.6 Å². The summed E-state index contributed by atoms with van der Waals surface area (Å²) < 4.78 is 11.0. The zero-order valence-electron chi connectivity index (χ0n) is 11.1. The normalized spacial score (nSPS) is 19.6. The van der Waals surface area contributed by atoms with E-state index in [0.29, 0.717) is 5.92 Å². The average molecular weight is 257 g/mol. The topological polar surface area (TPSA) is 48.4 Å². The van der Waals surface area contributed by atoms with E-state index in [-0.39, 0.29) is 6.04 Å². The molecule has 0 saturated heterocycles. The van der Waals surface area contributed by atoms with Crippen LogP contribution in [0.5, 0.6) is 5.75 Å². The maximum absolute atomic E-state index is 6.30. The van der Waals surface area contributed by atoms with Gasteiger partial charge < -0.3 is 14.9 Å². The van der Waals surface area contributed by atoms with Crippen LogP contribution in [0.4, 0.5) is 0 Å². The molecule has 3 rings (SSSR count). The molecule has 2 atom stereocenters. The fraction of sp³-hybridized carbons (Fsp3) is 0.375. The van der Waals surface area contributed by atoms with Crippen LogP contribution < -0.4 is 10.5 Å². The predicted octanol–water partition coefficient (Wildman–Crippen LogP) is 3.54. The fourth-order valence-corrected chi connectivity index (χ4v) is 2.76. The predicted molar refractivity (Wildman–Crippen MR) is 74.3 cm³/mol. The molecule has 0 spiro atoms. The summed E-state index contributed by atoms with van der Waals surface area (Å²) in [6.45, 7) is 2.72. The lowest BCUT2D eigenvalue weighted by molar-refractivity contribution is 0.259. The molecule has 0 bridgehead atoms. The number of benzene rings is 1. The first-order valence-corrected chi connectivity index (χ1v) is 6.76. The van der Waals surface area contributed by atoms with Gasteiger partial charge in [-0.1, -0.05) is 18.2 Å². The molecule has 2 N–H and O–H groups in total. The lowest BCUT2D eigenvalue weighted by Gasteiger charge is -2.27. The summed E-state index contributed by atoms with van der Waals surface area (Å²) >= 11 is 0. The Bertz CT molecular complexity index is 561. The molecular formula is C16H19NO2. The zero-order chi connectivity index (χ0) is 13.2. The van der Waals surface area contributed by atoms with Gasteiger partial charge in [-0.2, -0.15) is 0 Å². The third kappa shape index (κ3) is 2.51. The summed E-state index contributed by atoms with van der Waals surface area (Å²) in [6, 6.07) is 10.3. The Hall–Kier alpha value is -1.74. The lowest BCUT2D eigenvalue weighted by atomic mass is 9.86. The Labute approximate surface area is 113 Å². The van der Waals surface area contributed by atoms with E-state index < -0.39 is 0 Å². The van der Waals surface area contributed by atoms with E-state index in [2.05, 4.69) is 12.1 Å². The molecule has 1 aromatic heterocycles. The van der Waals surface area contributed by atoms with Crippen molar-refractivity contribution in [3.8, 4) is 5.75 Å². The van der Waals surface area contributed by atoms with Crippen LogP contribution in [0.15, 0.2) is 41.0 Å². The largest absolute Gasteiger partial charge is 0.493 e. The number of nitrogens with two attached hydrogens (primary N) is 1. The van der Waals surface area contributed by atoms with Gasteiger partial charge in [0.2, 0.25) is 0 Å². The van der Waals surface area contributed by atoms with Gasteiger partial charge in [-0.05, 0) is 43.4 Å². The highest BCUT2D eigenvalue weighted by Gasteiger charge is 2.24. The second kappa shape index (κ2) is 5.10. The molecular weight excluding hydrogens is 238 g/mol. The van der Waals surface area contributed by atoms with Gasteiger partial charge in [0.25, 0.3) is 0 Å². The molecule has 0 radical (unpaired) electrons. The SMILES string of the molecule is Cc1cc(C(N)CC2CCOc3ccccc32)co1. The van der Waals surface area contributed by atoms with Gasteiger partial charge in [-0.25, -0.2) is 0 Å². The number of aryl methyl sites for hydroxylation is 1. The van der Waals surface area contributed by atoms with Crippen LogP contribution in [0, 0.1) is 6.92 Å².